The Morgan fingerprint density at radius 3 is 2.42 bits per heavy atom. The average molecular weight is 554 g/mol. The summed E-state index contributed by atoms with van der Waals surface area (Å²) >= 11 is 6.77. The number of thioether (sulfide) groups is 1. The van der Waals surface area contributed by atoms with Crippen LogP contribution < -0.4 is 15.4 Å². The monoisotopic (exact) mass is 553 g/mol. The molecule has 0 aliphatic carbocycles. The fourth-order valence-electron chi connectivity index (χ4n) is 4.99. The van der Waals surface area contributed by atoms with E-state index in [2.05, 4.69) is 17.9 Å². The van der Waals surface area contributed by atoms with Crippen molar-refractivity contribution in [3.05, 3.63) is 62.0 Å². The van der Waals surface area contributed by atoms with Crippen molar-refractivity contribution in [2.75, 3.05) is 42.5 Å². The van der Waals surface area contributed by atoms with E-state index in [1.54, 1.807) is 34.6 Å². The largest absolute Gasteiger partial charge is 0.366 e. The van der Waals surface area contributed by atoms with Gasteiger partial charge in [-0.05, 0) is 44.0 Å². The molecule has 10 heteroatoms. The van der Waals surface area contributed by atoms with Crippen molar-refractivity contribution in [3.8, 4) is 6.07 Å². The number of nitriles is 1. The van der Waals surface area contributed by atoms with Gasteiger partial charge in [0.15, 0.2) is 0 Å². The van der Waals surface area contributed by atoms with Crippen molar-refractivity contribution in [2.24, 2.45) is 0 Å². The lowest BCUT2D eigenvalue weighted by Gasteiger charge is -2.39. The molecule has 0 radical (unpaired) electrons. The number of halogens is 1. The number of benzene rings is 1. The van der Waals surface area contributed by atoms with Gasteiger partial charge in [-0.2, -0.15) is 5.26 Å². The van der Waals surface area contributed by atoms with Crippen LogP contribution >= 0.6 is 24.0 Å². The number of unbranched alkanes of at least 4 members (excludes halogenated alkanes) is 2. The van der Waals surface area contributed by atoms with Crippen LogP contribution in [0.2, 0.25) is 0 Å². The molecule has 0 spiro atoms. The summed E-state index contributed by atoms with van der Waals surface area (Å²) in [6, 6.07) is 8.79. The molecule has 2 aliphatic heterocycles. The molecular formula is C28H32FN5O2S2. The minimum Gasteiger partial charge on any atom is -0.366 e. The van der Waals surface area contributed by atoms with Gasteiger partial charge >= 0.3 is 0 Å². The summed E-state index contributed by atoms with van der Waals surface area (Å²) < 4.78 is 16.5. The maximum atomic E-state index is 14.4. The number of carbonyl (C=O) groups excluding carboxylic acids is 1. The maximum Gasteiger partial charge on any atom is 0.270 e. The second-order valence-electron chi connectivity index (χ2n) is 9.36. The van der Waals surface area contributed by atoms with Gasteiger partial charge < -0.3 is 9.80 Å². The molecule has 2 aromatic rings. The summed E-state index contributed by atoms with van der Waals surface area (Å²) in [5.41, 5.74) is 1.51. The third-order valence-corrected chi connectivity index (χ3v) is 8.45. The van der Waals surface area contributed by atoms with Crippen molar-refractivity contribution in [1.82, 2.24) is 9.47 Å². The number of aromatic nitrogens is 1. The minimum atomic E-state index is -0.344. The van der Waals surface area contributed by atoms with Gasteiger partial charge in [0, 0.05) is 44.8 Å². The van der Waals surface area contributed by atoms with Crippen LogP contribution in [0.25, 0.3) is 6.08 Å². The maximum absolute atomic E-state index is 14.4. The molecular weight excluding hydrogens is 521 g/mol. The number of hydrogen-bond donors (Lipinski definition) is 0. The molecule has 7 nitrogen and oxygen atoms in total. The number of carbonyl (C=O) groups is 1. The summed E-state index contributed by atoms with van der Waals surface area (Å²) in [4.78, 5) is 32.8. The summed E-state index contributed by atoms with van der Waals surface area (Å²) in [6.45, 7) is 8.93. The molecule has 2 fully saturated rings. The molecule has 1 amide bonds. The van der Waals surface area contributed by atoms with Gasteiger partial charge in [-0.3, -0.25) is 19.1 Å². The lowest BCUT2D eigenvalue weighted by molar-refractivity contribution is -0.122. The highest BCUT2D eigenvalue weighted by atomic mass is 32.2. The van der Waals surface area contributed by atoms with Gasteiger partial charge in [0.2, 0.25) is 0 Å². The number of nitrogens with zero attached hydrogens (tertiary/aromatic N) is 5. The van der Waals surface area contributed by atoms with Crippen molar-refractivity contribution >= 4 is 51.8 Å². The van der Waals surface area contributed by atoms with Crippen LogP contribution in [-0.4, -0.2) is 52.4 Å². The third-order valence-electron chi connectivity index (χ3n) is 7.07. The lowest BCUT2D eigenvalue weighted by Crippen LogP contribution is -2.49. The van der Waals surface area contributed by atoms with Crippen LogP contribution in [0, 0.1) is 24.1 Å². The number of hydrogen-bond acceptors (Lipinski definition) is 7. The first-order chi connectivity index (χ1) is 18.3. The molecule has 4 rings (SSSR count). The fourth-order valence-corrected chi connectivity index (χ4v) is 6.28. The lowest BCUT2D eigenvalue weighted by atomic mass is 10.0. The first-order valence-corrected chi connectivity index (χ1v) is 14.2. The van der Waals surface area contributed by atoms with E-state index in [9.17, 15) is 19.2 Å². The van der Waals surface area contributed by atoms with Crippen LogP contribution in [0.4, 0.5) is 15.9 Å². The molecule has 200 valence electrons. The number of rotatable bonds is 8. The van der Waals surface area contributed by atoms with E-state index in [0.717, 1.165) is 19.3 Å². The second kappa shape index (κ2) is 12.1. The predicted octanol–water partition coefficient (Wildman–Crippen LogP) is 4.91. The van der Waals surface area contributed by atoms with E-state index in [4.69, 9.17) is 12.2 Å². The van der Waals surface area contributed by atoms with E-state index in [0.29, 0.717) is 71.1 Å². The molecule has 1 aromatic carbocycles. The Balaban J connectivity index is 1.73. The first kappa shape index (κ1) is 27.9. The van der Waals surface area contributed by atoms with E-state index in [-0.39, 0.29) is 22.8 Å². The molecule has 0 atom stereocenters. The zero-order valence-corrected chi connectivity index (χ0v) is 23.6. The summed E-state index contributed by atoms with van der Waals surface area (Å²) in [7, 11) is 0. The SMILES string of the molecule is CCCCCN1C(=O)/C(=C\c2c(C)c(C#N)c(=O)n(CC)c2N2CCN(c3ccccc3F)CC2)SC1=S. The summed E-state index contributed by atoms with van der Waals surface area (Å²) in [6.07, 6.45) is 4.74. The second-order valence-corrected chi connectivity index (χ2v) is 11.0. The number of thiocarbonyl (C=S) groups is 1. The number of pyridine rings is 1. The quantitative estimate of drug-likeness (QED) is 0.261. The Morgan fingerprint density at radius 2 is 1.79 bits per heavy atom. The molecule has 38 heavy (non-hydrogen) atoms. The number of piperazine rings is 1. The Morgan fingerprint density at radius 1 is 1.11 bits per heavy atom. The Hall–Kier alpha value is -3.16. The zero-order valence-electron chi connectivity index (χ0n) is 22.0. The van der Waals surface area contributed by atoms with E-state index in [1.165, 1.54) is 17.8 Å². The molecule has 0 saturated carbocycles. The predicted molar refractivity (Wildman–Crippen MR) is 156 cm³/mol. The van der Waals surface area contributed by atoms with Gasteiger partial charge in [0.05, 0.1) is 10.6 Å². The topological polar surface area (TPSA) is 72.6 Å². The molecule has 0 N–H and O–H groups in total. The fraction of sp³-hybridized carbons (Fsp3) is 0.429. The van der Waals surface area contributed by atoms with Gasteiger partial charge in [0.25, 0.3) is 11.5 Å². The van der Waals surface area contributed by atoms with E-state index >= 15 is 0 Å². The highest BCUT2D eigenvalue weighted by molar-refractivity contribution is 8.26. The van der Waals surface area contributed by atoms with Gasteiger partial charge in [0.1, 0.15) is 27.6 Å². The Labute approximate surface area is 232 Å². The van der Waals surface area contributed by atoms with Crippen molar-refractivity contribution in [3.63, 3.8) is 0 Å². The zero-order chi connectivity index (χ0) is 27.4. The molecule has 1 aromatic heterocycles. The average Bonchev–Trinajstić information content (AvgIpc) is 3.18. The minimum absolute atomic E-state index is 0.0743. The van der Waals surface area contributed by atoms with Crippen LogP contribution in [0.1, 0.15) is 49.8 Å². The first-order valence-electron chi connectivity index (χ1n) is 13.0. The Kier molecular flexibility index (Phi) is 8.90. The van der Waals surface area contributed by atoms with Crippen molar-refractivity contribution in [2.45, 2.75) is 46.6 Å². The molecule has 0 unspecified atom stereocenters. The van der Waals surface area contributed by atoms with Gasteiger partial charge in [-0.25, -0.2) is 4.39 Å². The normalized spacial score (nSPS) is 17.0. The summed E-state index contributed by atoms with van der Waals surface area (Å²) in [5, 5.41) is 9.81. The van der Waals surface area contributed by atoms with Crippen LogP contribution in [0.15, 0.2) is 34.0 Å². The third kappa shape index (κ3) is 5.36. The van der Waals surface area contributed by atoms with Crippen LogP contribution in [0.3, 0.4) is 0 Å². The van der Waals surface area contributed by atoms with E-state index in [1.807, 2.05) is 17.9 Å². The van der Waals surface area contributed by atoms with Gasteiger partial charge in [-0.15, -0.1) is 0 Å². The standard InChI is InChI=1S/C28H32FN5O2S2/c1-4-6-9-12-34-27(36)24(38-28(34)37)17-20-19(3)21(18-30)26(35)33(5-2)25(20)32-15-13-31(14-16-32)23-11-8-7-10-22(23)29/h7-8,10-11,17H,4-6,9,12-16H2,1-3H3/b24-17+. The molecule has 3 heterocycles. The van der Waals surface area contributed by atoms with Crippen LogP contribution in [-0.2, 0) is 11.3 Å². The van der Waals surface area contributed by atoms with E-state index < -0.39 is 0 Å². The van der Waals surface area contributed by atoms with Gasteiger partial charge in [-0.1, -0.05) is 55.9 Å². The summed E-state index contributed by atoms with van der Waals surface area (Å²) in [5.74, 6) is 0.277. The highest BCUT2D eigenvalue weighted by Crippen LogP contribution is 2.36. The Bertz CT molecular complexity index is 1370. The van der Waals surface area contributed by atoms with Crippen LogP contribution in [0.5, 0.6) is 0 Å². The molecule has 2 saturated heterocycles. The highest BCUT2D eigenvalue weighted by Gasteiger charge is 2.33. The smallest absolute Gasteiger partial charge is 0.270 e. The van der Waals surface area contributed by atoms with Crippen molar-refractivity contribution in [1.29, 1.82) is 5.26 Å². The van der Waals surface area contributed by atoms with Crippen molar-refractivity contribution < 1.29 is 9.18 Å². The number of anilines is 2. The molecule has 0 bridgehead atoms. The molecule has 2 aliphatic rings. The number of amides is 1. The number of para-hydroxylation sites is 1.